The van der Waals surface area contributed by atoms with Gasteiger partial charge in [-0.25, -0.2) is 0 Å². The van der Waals surface area contributed by atoms with Crippen LogP contribution in [0.25, 0.3) is 11.4 Å². The van der Waals surface area contributed by atoms with Gasteiger partial charge in [0.25, 0.3) is 0 Å². The monoisotopic (exact) mass is 348 g/mol. The quantitative estimate of drug-likeness (QED) is 0.644. The van der Waals surface area contributed by atoms with Crippen molar-refractivity contribution in [1.29, 1.82) is 0 Å². The van der Waals surface area contributed by atoms with E-state index in [-0.39, 0.29) is 17.7 Å². The second kappa shape index (κ2) is 8.04. The van der Waals surface area contributed by atoms with Crippen molar-refractivity contribution in [2.45, 2.75) is 30.8 Å². The first-order valence-electron chi connectivity index (χ1n) is 7.13. The third-order valence-corrected chi connectivity index (χ3v) is 4.45. The maximum Gasteiger partial charge on any atom is 0.234 e. The minimum Gasteiger partial charge on any atom is -0.344 e. The lowest BCUT2D eigenvalue weighted by Gasteiger charge is -2.11. The minimum atomic E-state index is -0.315. The molecular formula is C16H17ClN4OS. The molecule has 2 rings (SSSR count). The number of thioether (sulfide) groups is 1. The van der Waals surface area contributed by atoms with Crippen molar-refractivity contribution in [3.05, 3.63) is 29.3 Å². The Morgan fingerprint density at radius 3 is 2.96 bits per heavy atom. The summed E-state index contributed by atoms with van der Waals surface area (Å²) in [5.41, 5.74) is 0.892. The number of rotatable bonds is 6. The predicted octanol–water partition coefficient (Wildman–Crippen LogP) is 2.85. The highest BCUT2D eigenvalue weighted by molar-refractivity contribution is 8.00. The van der Waals surface area contributed by atoms with Gasteiger partial charge >= 0.3 is 0 Å². The van der Waals surface area contributed by atoms with Gasteiger partial charge < -0.3 is 9.88 Å². The summed E-state index contributed by atoms with van der Waals surface area (Å²) in [6.07, 6.45) is 5.15. The van der Waals surface area contributed by atoms with Gasteiger partial charge in [-0.1, -0.05) is 41.4 Å². The number of nitrogens with zero attached hydrogens (tertiary/aromatic N) is 3. The first-order chi connectivity index (χ1) is 11.1. The molecule has 1 heterocycles. The lowest BCUT2D eigenvalue weighted by atomic mass is 10.2. The highest BCUT2D eigenvalue weighted by atomic mass is 35.5. The average molecular weight is 349 g/mol. The second-order valence-electron chi connectivity index (χ2n) is 4.74. The third kappa shape index (κ3) is 4.27. The number of amides is 1. The maximum atomic E-state index is 11.9. The zero-order valence-corrected chi connectivity index (χ0v) is 14.5. The predicted molar refractivity (Wildman–Crippen MR) is 93.3 cm³/mol. The van der Waals surface area contributed by atoms with E-state index >= 15 is 0 Å². The third-order valence-electron chi connectivity index (χ3n) is 3.13. The zero-order valence-electron chi connectivity index (χ0n) is 12.9. The minimum absolute atomic E-state index is 0.122. The van der Waals surface area contributed by atoms with E-state index in [4.69, 9.17) is 18.0 Å². The van der Waals surface area contributed by atoms with Crippen LogP contribution in [0.2, 0.25) is 5.02 Å². The van der Waals surface area contributed by atoms with Crippen LogP contribution in [0.4, 0.5) is 0 Å². The van der Waals surface area contributed by atoms with Gasteiger partial charge in [0, 0.05) is 17.1 Å². The molecule has 2 aromatic rings. The number of benzene rings is 1. The summed E-state index contributed by atoms with van der Waals surface area (Å²) in [4.78, 5) is 11.9. The highest BCUT2D eigenvalue weighted by Gasteiger charge is 2.19. The summed E-state index contributed by atoms with van der Waals surface area (Å²) in [6.45, 7) is 4.72. The number of halogens is 1. The molecular weight excluding hydrogens is 332 g/mol. The van der Waals surface area contributed by atoms with E-state index in [2.05, 4.69) is 21.4 Å². The Bertz CT molecular complexity index is 738. The van der Waals surface area contributed by atoms with Crippen molar-refractivity contribution in [3.63, 3.8) is 0 Å². The Morgan fingerprint density at radius 2 is 2.30 bits per heavy atom. The molecule has 0 aliphatic carbocycles. The van der Waals surface area contributed by atoms with Crippen molar-refractivity contribution in [2.24, 2.45) is 0 Å². The van der Waals surface area contributed by atoms with E-state index in [9.17, 15) is 4.79 Å². The number of hydrogen-bond donors (Lipinski definition) is 1. The molecule has 1 aromatic carbocycles. The molecule has 1 amide bonds. The molecule has 0 fully saturated rings. The van der Waals surface area contributed by atoms with Gasteiger partial charge in [-0.15, -0.1) is 16.6 Å². The van der Waals surface area contributed by atoms with Crippen molar-refractivity contribution in [3.8, 4) is 23.7 Å². The van der Waals surface area contributed by atoms with E-state index in [1.165, 1.54) is 11.8 Å². The molecule has 1 atom stereocenters. The van der Waals surface area contributed by atoms with Crippen molar-refractivity contribution in [1.82, 2.24) is 20.1 Å². The molecule has 0 spiro atoms. The number of carbonyl (C=O) groups is 1. The summed E-state index contributed by atoms with van der Waals surface area (Å²) >= 11 is 7.39. The lowest BCUT2D eigenvalue weighted by Crippen LogP contribution is -2.31. The van der Waals surface area contributed by atoms with E-state index < -0.39 is 0 Å². The van der Waals surface area contributed by atoms with Crippen molar-refractivity contribution in [2.75, 3.05) is 6.54 Å². The van der Waals surface area contributed by atoms with Crippen LogP contribution in [0.5, 0.6) is 0 Å². The van der Waals surface area contributed by atoms with Crippen LogP contribution in [0, 0.1) is 12.3 Å². The molecule has 120 valence electrons. The van der Waals surface area contributed by atoms with E-state index in [1.807, 2.05) is 42.7 Å². The molecule has 5 nitrogen and oxygen atoms in total. The highest BCUT2D eigenvalue weighted by Crippen LogP contribution is 2.27. The topological polar surface area (TPSA) is 59.8 Å². The smallest absolute Gasteiger partial charge is 0.234 e. The van der Waals surface area contributed by atoms with Crippen LogP contribution in [0.15, 0.2) is 29.4 Å². The summed E-state index contributed by atoms with van der Waals surface area (Å²) in [5, 5.41) is 12.1. The van der Waals surface area contributed by atoms with Gasteiger partial charge in [-0.2, -0.15) is 0 Å². The first kappa shape index (κ1) is 17.4. The van der Waals surface area contributed by atoms with Crippen LogP contribution < -0.4 is 5.32 Å². The van der Waals surface area contributed by atoms with Gasteiger partial charge in [0.05, 0.1) is 11.8 Å². The fourth-order valence-electron chi connectivity index (χ4n) is 2.00. The molecule has 1 aromatic heterocycles. The van der Waals surface area contributed by atoms with E-state index in [1.54, 1.807) is 0 Å². The summed E-state index contributed by atoms with van der Waals surface area (Å²) < 4.78 is 1.96. The maximum absolute atomic E-state index is 11.9. The fourth-order valence-corrected chi connectivity index (χ4v) is 3.12. The lowest BCUT2D eigenvalue weighted by molar-refractivity contribution is -0.120. The van der Waals surface area contributed by atoms with Crippen LogP contribution in [-0.4, -0.2) is 32.5 Å². The van der Waals surface area contributed by atoms with E-state index in [0.717, 1.165) is 11.4 Å². The molecule has 0 aliphatic heterocycles. The second-order valence-corrected chi connectivity index (χ2v) is 6.49. The van der Waals surface area contributed by atoms with Gasteiger partial charge in [-0.3, -0.25) is 4.79 Å². The molecule has 0 radical (unpaired) electrons. The molecule has 0 saturated heterocycles. The summed E-state index contributed by atoms with van der Waals surface area (Å²) in [7, 11) is 0. The average Bonchev–Trinajstić information content (AvgIpc) is 2.95. The Labute approximate surface area is 144 Å². The Balaban J connectivity index is 2.22. The standard InChI is InChI=1S/C16H17ClN4OS/c1-4-9-18-15(22)11(3)23-16-20-19-14(21(16)5-2)12-7-6-8-13(17)10-12/h1,6-8,10-11H,5,9H2,2-3H3,(H,18,22). The van der Waals surface area contributed by atoms with Crippen LogP contribution in [0.3, 0.4) is 0 Å². The molecule has 0 saturated carbocycles. The summed E-state index contributed by atoms with van der Waals surface area (Å²) in [6, 6.07) is 7.45. The molecule has 1 unspecified atom stereocenters. The molecule has 0 bridgehead atoms. The largest absolute Gasteiger partial charge is 0.344 e. The SMILES string of the molecule is C#CCNC(=O)C(C)Sc1nnc(-c2cccc(Cl)c2)n1CC. The normalized spacial score (nSPS) is 11.7. The first-order valence-corrected chi connectivity index (χ1v) is 8.39. The van der Waals surface area contributed by atoms with Crippen molar-refractivity contribution < 1.29 is 4.79 Å². The molecule has 0 aliphatic rings. The number of terminal acetylenes is 1. The fraction of sp³-hybridized carbons (Fsp3) is 0.312. The number of hydrogen-bond acceptors (Lipinski definition) is 4. The van der Waals surface area contributed by atoms with Crippen LogP contribution in [0.1, 0.15) is 13.8 Å². The number of carbonyl (C=O) groups excluding carboxylic acids is 1. The van der Waals surface area contributed by atoms with Crippen molar-refractivity contribution >= 4 is 29.3 Å². The van der Waals surface area contributed by atoms with E-state index in [0.29, 0.717) is 16.7 Å². The van der Waals surface area contributed by atoms with Gasteiger partial charge in [0.1, 0.15) is 0 Å². The van der Waals surface area contributed by atoms with Gasteiger partial charge in [-0.05, 0) is 26.0 Å². The molecule has 23 heavy (non-hydrogen) atoms. The number of nitrogens with one attached hydrogen (secondary N) is 1. The van der Waals surface area contributed by atoms with Crippen LogP contribution in [-0.2, 0) is 11.3 Å². The Kier molecular flexibility index (Phi) is 6.08. The molecule has 7 heteroatoms. The van der Waals surface area contributed by atoms with Crippen LogP contribution >= 0.6 is 23.4 Å². The zero-order chi connectivity index (χ0) is 16.8. The molecule has 1 N–H and O–H groups in total. The summed E-state index contributed by atoms with van der Waals surface area (Å²) in [5.74, 6) is 2.99. The van der Waals surface area contributed by atoms with Gasteiger partial charge in [0.15, 0.2) is 11.0 Å². The number of aromatic nitrogens is 3. The Hall–Kier alpha value is -1.97. The Morgan fingerprint density at radius 1 is 1.52 bits per heavy atom. The van der Waals surface area contributed by atoms with Gasteiger partial charge in [0.2, 0.25) is 5.91 Å².